The third-order valence-corrected chi connectivity index (χ3v) is 6.36. The largest absolute Gasteiger partial charge is 0.463 e. The van der Waals surface area contributed by atoms with E-state index in [4.69, 9.17) is 9.47 Å². The summed E-state index contributed by atoms with van der Waals surface area (Å²) in [5.41, 5.74) is -2.38. The standard InChI is InChI=1S/C30H28F6N4O3/c1-39(2)12-7-13-42-27-37-17-25(24-11-6-9-20-8-4-5-10-23(20)24)26(38-27)43-28(41)40(3)18-19-14-21(29(31,32)33)16-22(15-19)30(34,35)36/h4-6,8-11,14-17H,7,12-13,18H2,1-3H3. The van der Waals surface area contributed by atoms with Gasteiger partial charge in [-0.1, -0.05) is 42.5 Å². The second kappa shape index (κ2) is 12.9. The predicted molar refractivity (Wildman–Crippen MR) is 148 cm³/mol. The second-order valence-corrected chi connectivity index (χ2v) is 10.0. The van der Waals surface area contributed by atoms with Gasteiger partial charge in [-0.05, 0) is 60.6 Å². The van der Waals surface area contributed by atoms with Gasteiger partial charge in [0.15, 0.2) is 0 Å². The van der Waals surface area contributed by atoms with Gasteiger partial charge in [-0.2, -0.15) is 31.3 Å². The highest BCUT2D eigenvalue weighted by Gasteiger charge is 2.37. The van der Waals surface area contributed by atoms with E-state index >= 15 is 0 Å². The number of halogens is 6. The molecule has 0 unspecified atom stereocenters. The van der Waals surface area contributed by atoms with Gasteiger partial charge < -0.3 is 19.3 Å². The van der Waals surface area contributed by atoms with Crippen molar-refractivity contribution in [1.29, 1.82) is 0 Å². The molecule has 13 heteroatoms. The Morgan fingerprint density at radius 2 is 1.51 bits per heavy atom. The van der Waals surface area contributed by atoms with Gasteiger partial charge in [0, 0.05) is 26.3 Å². The Morgan fingerprint density at radius 3 is 2.16 bits per heavy atom. The van der Waals surface area contributed by atoms with E-state index in [-0.39, 0.29) is 30.1 Å². The van der Waals surface area contributed by atoms with Crippen LogP contribution < -0.4 is 9.47 Å². The molecule has 1 aromatic heterocycles. The molecule has 43 heavy (non-hydrogen) atoms. The molecule has 0 bridgehead atoms. The van der Waals surface area contributed by atoms with Crippen molar-refractivity contribution in [3.05, 3.63) is 83.6 Å². The number of fused-ring (bicyclic) bond motifs is 1. The summed E-state index contributed by atoms with van der Waals surface area (Å²) in [6.07, 6.45) is -9.01. The van der Waals surface area contributed by atoms with E-state index in [0.29, 0.717) is 29.7 Å². The van der Waals surface area contributed by atoms with Crippen molar-refractivity contribution in [3.8, 4) is 23.0 Å². The molecule has 0 fully saturated rings. The first-order valence-electron chi connectivity index (χ1n) is 13.1. The van der Waals surface area contributed by atoms with Crippen LogP contribution in [-0.2, 0) is 18.9 Å². The molecule has 0 atom stereocenters. The van der Waals surface area contributed by atoms with Crippen LogP contribution in [0.15, 0.2) is 66.9 Å². The van der Waals surface area contributed by atoms with E-state index in [1.807, 2.05) is 49.3 Å². The molecule has 3 aromatic carbocycles. The van der Waals surface area contributed by atoms with Gasteiger partial charge in [-0.15, -0.1) is 0 Å². The van der Waals surface area contributed by atoms with Crippen molar-refractivity contribution in [1.82, 2.24) is 19.8 Å². The fourth-order valence-electron chi connectivity index (χ4n) is 4.30. The number of carbonyl (C=O) groups excluding carboxylic acids is 1. The zero-order valence-electron chi connectivity index (χ0n) is 23.5. The number of nitrogens with zero attached hydrogens (tertiary/aromatic N) is 4. The summed E-state index contributed by atoms with van der Waals surface area (Å²) in [6.45, 7) is 0.414. The average Bonchev–Trinajstić information content (AvgIpc) is 2.94. The third-order valence-electron chi connectivity index (χ3n) is 6.36. The highest BCUT2D eigenvalue weighted by atomic mass is 19.4. The summed E-state index contributed by atoms with van der Waals surface area (Å²) in [5.74, 6) is -0.189. The number of carbonyl (C=O) groups is 1. The van der Waals surface area contributed by atoms with Crippen LogP contribution in [-0.4, -0.2) is 60.2 Å². The summed E-state index contributed by atoms with van der Waals surface area (Å²) in [4.78, 5) is 24.5. The lowest BCUT2D eigenvalue weighted by molar-refractivity contribution is -0.143. The molecule has 4 aromatic rings. The minimum atomic E-state index is -5.02. The smallest absolute Gasteiger partial charge is 0.416 e. The number of benzene rings is 3. The van der Waals surface area contributed by atoms with Crippen molar-refractivity contribution in [2.24, 2.45) is 0 Å². The fourth-order valence-corrected chi connectivity index (χ4v) is 4.30. The van der Waals surface area contributed by atoms with Gasteiger partial charge in [-0.25, -0.2) is 9.78 Å². The lowest BCUT2D eigenvalue weighted by Crippen LogP contribution is -2.30. The first-order valence-corrected chi connectivity index (χ1v) is 13.1. The van der Waals surface area contributed by atoms with E-state index in [2.05, 4.69) is 9.97 Å². The van der Waals surface area contributed by atoms with Crippen molar-refractivity contribution < 1.29 is 40.6 Å². The van der Waals surface area contributed by atoms with Gasteiger partial charge in [0.2, 0.25) is 5.88 Å². The number of hydrogen-bond acceptors (Lipinski definition) is 6. The highest BCUT2D eigenvalue weighted by molar-refractivity contribution is 5.97. The van der Waals surface area contributed by atoms with Crippen molar-refractivity contribution >= 4 is 16.9 Å². The van der Waals surface area contributed by atoms with Crippen molar-refractivity contribution in [2.75, 3.05) is 34.3 Å². The molecule has 4 rings (SSSR count). The van der Waals surface area contributed by atoms with Gasteiger partial charge in [0.05, 0.1) is 23.3 Å². The van der Waals surface area contributed by atoms with Crippen LogP contribution in [0, 0.1) is 0 Å². The Bertz CT molecular complexity index is 1550. The molecule has 228 valence electrons. The number of alkyl halides is 6. The van der Waals surface area contributed by atoms with Crippen LogP contribution in [0.2, 0.25) is 0 Å². The second-order valence-electron chi connectivity index (χ2n) is 10.0. The monoisotopic (exact) mass is 606 g/mol. The van der Waals surface area contributed by atoms with Crippen molar-refractivity contribution in [2.45, 2.75) is 25.3 Å². The Hall–Kier alpha value is -4.39. The molecule has 1 heterocycles. The van der Waals surface area contributed by atoms with E-state index in [1.54, 1.807) is 12.1 Å². The van der Waals surface area contributed by atoms with E-state index in [1.165, 1.54) is 13.2 Å². The summed E-state index contributed by atoms with van der Waals surface area (Å²) >= 11 is 0. The average molecular weight is 607 g/mol. The van der Waals surface area contributed by atoms with Crippen LogP contribution >= 0.6 is 0 Å². The highest BCUT2D eigenvalue weighted by Crippen LogP contribution is 2.37. The van der Waals surface area contributed by atoms with Gasteiger partial charge in [0.1, 0.15) is 0 Å². The Kier molecular flexibility index (Phi) is 9.43. The maximum atomic E-state index is 13.3. The molecule has 0 aliphatic heterocycles. The zero-order valence-corrected chi connectivity index (χ0v) is 23.5. The van der Waals surface area contributed by atoms with Crippen LogP contribution in [0.25, 0.3) is 21.9 Å². The van der Waals surface area contributed by atoms with Crippen molar-refractivity contribution in [3.63, 3.8) is 0 Å². The normalized spacial score (nSPS) is 12.0. The summed E-state index contributed by atoms with van der Waals surface area (Å²) in [7, 11) is 5.01. The lowest BCUT2D eigenvalue weighted by Gasteiger charge is -2.20. The molecular formula is C30H28F6N4O3. The fraction of sp³-hybridized carbons (Fsp3) is 0.300. The molecule has 7 nitrogen and oxygen atoms in total. The summed E-state index contributed by atoms with van der Waals surface area (Å²) < 4.78 is 91.1. The Balaban J connectivity index is 1.64. The Labute approximate surface area is 243 Å². The molecule has 0 N–H and O–H groups in total. The van der Waals surface area contributed by atoms with Crippen LogP contribution in [0.1, 0.15) is 23.1 Å². The number of rotatable bonds is 9. The third kappa shape index (κ3) is 8.13. The lowest BCUT2D eigenvalue weighted by atomic mass is 10.00. The summed E-state index contributed by atoms with van der Waals surface area (Å²) in [5, 5.41) is 1.70. The molecular weight excluding hydrogens is 578 g/mol. The summed E-state index contributed by atoms with van der Waals surface area (Å²) in [6, 6.07) is 14.0. The Morgan fingerprint density at radius 1 is 0.860 bits per heavy atom. The van der Waals surface area contributed by atoms with Crippen LogP contribution in [0.4, 0.5) is 31.1 Å². The molecule has 1 amide bonds. The van der Waals surface area contributed by atoms with Crippen LogP contribution in [0.5, 0.6) is 11.9 Å². The number of aromatic nitrogens is 2. The maximum absolute atomic E-state index is 13.3. The maximum Gasteiger partial charge on any atom is 0.416 e. The van der Waals surface area contributed by atoms with E-state index < -0.39 is 36.1 Å². The number of amides is 1. The van der Waals surface area contributed by atoms with Gasteiger partial charge in [-0.3, -0.25) is 0 Å². The topological polar surface area (TPSA) is 67.8 Å². The first kappa shape index (κ1) is 31.5. The van der Waals surface area contributed by atoms with Gasteiger partial charge >= 0.3 is 24.5 Å². The SMILES string of the molecule is CN(C)CCCOc1ncc(-c2cccc3ccccc23)c(OC(=O)N(C)Cc2cc(C(F)(F)F)cc(C(F)(F)F)c2)n1. The van der Waals surface area contributed by atoms with E-state index in [0.717, 1.165) is 22.2 Å². The molecule has 0 spiro atoms. The number of hydrogen-bond donors (Lipinski definition) is 0. The van der Waals surface area contributed by atoms with Gasteiger partial charge in [0.25, 0.3) is 0 Å². The first-order chi connectivity index (χ1) is 20.2. The quantitative estimate of drug-likeness (QED) is 0.147. The molecule has 0 saturated heterocycles. The minimum Gasteiger partial charge on any atom is -0.463 e. The zero-order chi connectivity index (χ0) is 31.4. The molecule has 0 saturated carbocycles. The number of ether oxygens (including phenoxy) is 2. The molecule has 0 aliphatic rings. The predicted octanol–water partition coefficient (Wildman–Crippen LogP) is 7.30. The van der Waals surface area contributed by atoms with E-state index in [9.17, 15) is 31.1 Å². The molecule has 0 aliphatic carbocycles. The molecule has 0 radical (unpaired) electrons. The minimum absolute atomic E-state index is 0.0270. The van der Waals surface area contributed by atoms with Crippen LogP contribution in [0.3, 0.4) is 0 Å².